The van der Waals surface area contributed by atoms with E-state index in [9.17, 15) is 4.79 Å². The van der Waals surface area contributed by atoms with Crippen LogP contribution in [-0.4, -0.2) is 12.1 Å². The van der Waals surface area contributed by atoms with Gasteiger partial charge in [-0.25, -0.2) is 4.79 Å². The van der Waals surface area contributed by atoms with E-state index in [1.165, 1.54) is 5.56 Å². The van der Waals surface area contributed by atoms with Crippen LogP contribution < -0.4 is 10.6 Å². The number of hydrogen-bond acceptors (Lipinski definition) is 1. The van der Waals surface area contributed by atoms with Crippen molar-refractivity contribution >= 4 is 6.03 Å². The summed E-state index contributed by atoms with van der Waals surface area (Å²) in [5, 5.41) is 5.87. The lowest BCUT2D eigenvalue weighted by atomic mass is 10.0. The highest BCUT2D eigenvalue weighted by atomic mass is 16.2. The van der Waals surface area contributed by atoms with Crippen LogP contribution >= 0.6 is 0 Å². The molecule has 0 saturated carbocycles. The maximum absolute atomic E-state index is 11.7. The van der Waals surface area contributed by atoms with Crippen molar-refractivity contribution in [2.45, 2.75) is 59.0 Å². The summed E-state index contributed by atoms with van der Waals surface area (Å²) in [6, 6.07) is 8.62. The summed E-state index contributed by atoms with van der Waals surface area (Å²) in [6.07, 6.45) is 3.20. The van der Waals surface area contributed by atoms with Crippen LogP contribution in [0.3, 0.4) is 0 Å². The standard InChI is InChI=1S/C16H26N2O/c1-5-7-14-8-10-15(11-9-14)13(4)18-16(19)17-12(3)6-2/h8-13H,5-7H2,1-4H3,(H2,17,18,19). The Bertz CT molecular complexity index is 386. The third-order valence-electron chi connectivity index (χ3n) is 3.36. The molecule has 2 atom stereocenters. The lowest BCUT2D eigenvalue weighted by molar-refractivity contribution is 0.234. The minimum absolute atomic E-state index is 0.0275. The summed E-state index contributed by atoms with van der Waals surface area (Å²) < 4.78 is 0. The van der Waals surface area contributed by atoms with Crippen LogP contribution in [0.1, 0.15) is 57.7 Å². The molecular weight excluding hydrogens is 236 g/mol. The van der Waals surface area contributed by atoms with Gasteiger partial charge in [-0.3, -0.25) is 0 Å². The van der Waals surface area contributed by atoms with Gasteiger partial charge in [-0.1, -0.05) is 44.5 Å². The topological polar surface area (TPSA) is 41.1 Å². The third-order valence-corrected chi connectivity index (χ3v) is 3.36. The van der Waals surface area contributed by atoms with Crippen molar-refractivity contribution in [3.8, 4) is 0 Å². The number of hydrogen-bond donors (Lipinski definition) is 2. The molecule has 2 unspecified atom stereocenters. The molecule has 0 aliphatic rings. The molecule has 3 heteroatoms. The summed E-state index contributed by atoms with van der Waals surface area (Å²) in [7, 11) is 0. The molecule has 0 spiro atoms. The molecule has 0 heterocycles. The predicted octanol–water partition coefficient (Wildman–Crippen LogP) is 3.80. The smallest absolute Gasteiger partial charge is 0.315 e. The van der Waals surface area contributed by atoms with Gasteiger partial charge in [0.1, 0.15) is 0 Å². The lowest BCUT2D eigenvalue weighted by Gasteiger charge is -2.18. The number of amides is 2. The monoisotopic (exact) mass is 262 g/mol. The van der Waals surface area contributed by atoms with Crippen molar-refractivity contribution in [2.24, 2.45) is 0 Å². The van der Waals surface area contributed by atoms with Gasteiger partial charge in [-0.15, -0.1) is 0 Å². The molecule has 0 aliphatic heterocycles. The SMILES string of the molecule is CCCc1ccc(C(C)NC(=O)NC(C)CC)cc1. The van der Waals surface area contributed by atoms with Gasteiger partial charge in [0.25, 0.3) is 0 Å². The average molecular weight is 262 g/mol. The highest BCUT2D eigenvalue weighted by Crippen LogP contribution is 2.14. The summed E-state index contributed by atoms with van der Waals surface area (Å²) in [5.74, 6) is 0. The Morgan fingerprint density at radius 1 is 1.11 bits per heavy atom. The van der Waals surface area contributed by atoms with Gasteiger partial charge < -0.3 is 10.6 Å². The zero-order chi connectivity index (χ0) is 14.3. The number of benzene rings is 1. The largest absolute Gasteiger partial charge is 0.336 e. The van der Waals surface area contributed by atoms with Gasteiger partial charge >= 0.3 is 6.03 Å². The Kier molecular flexibility index (Phi) is 6.40. The summed E-state index contributed by atoms with van der Waals surface area (Å²) in [6.45, 7) is 8.24. The van der Waals surface area contributed by atoms with Crippen LogP contribution in [0.2, 0.25) is 0 Å². The molecule has 0 bridgehead atoms. The van der Waals surface area contributed by atoms with Gasteiger partial charge in [0, 0.05) is 6.04 Å². The molecule has 106 valence electrons. The summed E-state index contributed by atoms with van der Waals surface area (Å²) in [4.78, 5) is 11.7. The quantitative estimate of drug-likeness (QED) is 0.804. The minimum Gasteiger partial charge on any atom is -0.336 e. The van der Waals surface area contributed by atoms with Gasteiger partial charge in [0.05, 0.1) is 6.04 Å². The first-order valence-corrected chi connectivity index (χ1v) is 7.22. The van der Waals surface area contributed by atoms with Gasteiger partial charge in [-0.05, 0) is 37.8 Å². The zero-order valence-corrected chi connectivity index (χ0v) is 12.5. The van der Waals surface area contributed by atoms with Crippen molar-refractivity contribution < 1.29 is 4.79 Å². The van der Waals surface area contributed by atoms with Crippen LogP contribution in [0.5, 0.6) is 0 Å². The second-order valence-electron chi connectivity index (χ2n) is 5.14. The molecule has 0 radical (unpaired) electrons. The molecule has 0 saturated heterocycles. The van der Waals surface area contributed by atoms with Gasteiger partial charge in [0.2, 0.25) is 0 Å². The lowest BCUT2D eigenvalue weighted by Crippen LogP contribution is -2.41. The molecule has 0 fully saturated rings. The molecule has 3 nitrogen and oxygen atoms in total. The predicted molar refractivity (Wildman–Crippen MR) is 80.3 cm³/mol. The normalized spacial score (nSPS) is 13.7. The molecule has 0 aromatic heterocycles. The summed E-state index contributed by atoms with van der Waals surface area (Å²) in [5.41, 5.74) is 2.49. The number of carbonyl (C=O) groups excluding carboxylic acids is 1. The van der Waals surface area contributed by atoms with Crippen LogP contribution in [0.25, 0.3) is 0 Å². The first kappa shape index (κ1) is 15.5. The number of urea groups is 1. The maximum atomic E-state index is 11.7. The second kappa shape index (κ2) is 7.82. The second-order valence-corrected chi connectivity index (χ2v) is 5.14. The fourth-order valence-electron chi connectivity index (χ4n) is 1.91. The van der Waals surface area contributed by atoms with Crippen LogP contribution in [0.4, 0.5) is 4.79 Å². The average Bonchev–Trinajstić information content (AvgIpc) is 2.39. The van der Waals surface area contributed by atoms with Crippen molar-refractivity contribution in [2.75, 3.05) is 0 Å². The minimum atomic E-state index is -0.0977. The zero-order valence-electron chi connectivity index (χ0n) is 12.5. The van der Waals surface area contributed by atoms with Crippen LogP contribution in [0.15, 0.2) is 24.3 Å². The van der Waals surface area contributed by atoms with E-state index in [0.717, 1.165) is 24.8 Å². The van der Waals surface area contributed by atoms with Gasteiger partial charge in [0.15, 0.2) is 0 Å². The van der Waals surface area contributed by atoms with E-state index < -0.39 is 0 Å². The summed E-state index contributed by atoms with van der Waals surface area (Å²) >= 11 is 0. The molecule has 1 rings (SSSR count). The first-order chi connectivity index (χ1) is 9.06. The number of rotatable bonds is 6. The van der Waals surface area contributed by atoms with Crippen molar-refractivity contribution in [1.29, 1.82) is 0 Å². The van der Waals surface area contributed by atoms with E-state index in [2.05, 4.69) is 48.7 Å². The Labute approximate surface area is 116 Å². The van der Waals surface area contributed by atoms with E-state index in [0.29, 0.717) is 0 Å². The Morgan fingerprint density at radius 2 is 1.74 bits per heavy atom. The highest BCUT2D eigenvalue weighted by Gasteiger charge is 2.10. The molecule has 1 aromatic carbocycles. The van der Waals surface area contributed by atoms with Crippen LogP contribution in [0, 0.1) is 0 Å². The highest BCUT2D eigenvalue weighted by molar-refractivity contribution is 5.74. The number of carbonyl (C=O) groups is 1. The number of nitrogens with one attached hydrogen (secondary N) is 2. The molecule has 0 aliphatic carbocycles. The molecule has 19 heavy (non-hydrogen) atoms. The third kappa shape index (κ3) is 5.33. The van der Waals surface area contributed by atoms with E-state index in [4.69, 9.17) is 0 Å². The first-order valence-electron chi connectivity index (χ1n) is 7.22. The Balaban J connectivity index is 2.52. The fraction of sp³-hybridized carbons (Fsp3) is 0.562. The van der Waals surface area contributed by atoms with E-state index in [-0.39, 0.29) is 18.1 Å². The Morgan fingerprint density at radius 3 is 2.26 bits per heavy atom. The molecule has 1 aromatic rings. The van der Waals surface area contributed by atoms with Crippen LogP contribution in [-0.2, 0) is 6.42 Å². The fourth-order valence-corrected chi connectivity index (χ4v) is 1.91. The Hall–Kier alpha value is -1.51. The van der Waals surface area contributed by atoms with Crippen molar-refractivity contribution in [1.82, 2.24) is 10.6 Å². The molecule has 2 amide bonds. The van der Waals surface area contributed by atoms with E-state index in [1.807, 2.05) is 13.8 Å². The molecular formula is C16H26N2O. The van der Waals surface area contributed by atoms with E-state index in [1.54, 1.807) is 0 Å². The molecule has 2 N–H and O–H groups in total. The number of aryl methyl sites for hydroxylation is 1. The van der Waals surface area contributed by atoms with Crippen molar-refractivity contribution in [3.63, 3.8) is 0 Å². The van der Waals surface area contributed by atoms with E-state index >= 15 is 0 Å². The van der Waals surface area contributed by atoms with Gasteiger partial charge in [-0.2, -0.15) is 0 Å². The maximum Gasteiger partial charge on any atom is 0.315 e. The van der Waals surface area contributed by atoms with Crippen molar-refractivity contribution in [3.05, 3.63) is 35.4 Å².